The van der Waals surface area contributed by atoms with Crippen molar-refractivity contribution in [3.63, 3.8) is 0 Å². The third-order valence-electron chi connectivity index (χ3n) is 1.84. The van der Waals surface area contributed by atoms with Crippen LogP contribution in [-0.2, 0) is 10.1 Å². The van der Waals surface area contributed by atoms with Gasteiger partial charge in [-0.05, 0) is 18.1 Å². The Bertz CT molecular complexity index is 479. The van der Waals surface area contributed by atoms with Crippen LogP contribution in [0.15, 0.2) is 18.3 Å². The minimum atomic E-state index is -5.62. The SMILES string of the molecule is CC(C)c1ccc(OS(=O)(=O)C(F)(F)F)cn1. The fourth-order valence-electron chi connectivity index (χ4n) is 0.956. The summed E-state index contributed by atoms with van der Waals surface area (Å²) in [4.78, 5) is 3.79. The highest BCUT2D eigenvalue weighted by Gasteiger charge is 2.48. The second kappa shape index (κ2) is 4.52. The molecule has 0 aliphatic rings. The highest BCUT2D eigenvalue weighted by molar-refractivity contribution is 7.87. The molecule has 0 aromatic carbocycles. The lowest BCUT2D eigenvalue weighted by Crippen LogP contribution is -2.28. The lowest BCUT2D eigenvalue weighted by atomic mass is 10.1. The molecule has 17 heavy (non-hydrogen) atoms. The van der Waals surface area contributed by atoms with E-state index in [1.165, 1.54) is 6.07 Å². The van der Waals surface area contributed by atoms with Crippen LogP contribution in [0, 0.1) is 0 Å². The zero-order valence-electron chi connectivity index (χ0n) is 9.02. The molecule has 0 aliphatic heterocycles. The Kier molecular flexibility index (Phi) is 3.65. The van der Waals surface area contributed by atoms with Crippen molar-refractivity contribution in [1.82, 2.24) is 4.98 Å². The van der Waals surface area contributed by atoms with Crippen LogP contribution < -0.4 is 4.18 Å². The molecule has 0 radical (unpaired) electrons. The first kappa shape index (κ1) is 13.8. The number of hydrogen-bond donors (Lipinski definition) is 0. The van der Waals surface area contributed by atoms with Crippen LogP contribution in [0.1, 0.15) is 25.5 Å². The molecule has 0 unspecified atom stereocenters. The van der Waals surface area contributed by atoms with Gasteiger partial charge in [0.1, 0.15) is 0 Å². The van der Waals surface area contributed by atoms with Crippen LogP contribution in [0.4, 0.5) is 13.2 Å². The van der Waals surface area contributed by atoms with Gasteiger partial charge in [0, 0.05) is 5.69 Å². The van der Waals surface area contributed by atoms with E-state index in [-0.39, 0.29) is 5.92 Å². The molecular weight excluding hydrogens is 259 g/mol. The lowest BCUT2D eigenvalue weighted by Gasteiger charge is -2.10. The molecule has 1 heterocycles. The van der Waals surface area contributed by atoms with E-state index in [2.05, 4.69) is 9.17 Å². The predicted molar refractivity (Wildman–Crippen MR) is 53.9 cm³/mol. The maximum atomic E-state index is 12.0. The van der Waals surface area contributed by atoms with Gasteiger partial charge >= 0.3 is 15.6 Å². The standard InChI is InChI=1S/C9H10F3NO3S/c1-6(2)8-4-3-7(5-13-8)16-17(14,15)9(10,11)12/h3-6H,1-2H3. The monoisotopic (exact) mass is 269 g/mol. The summed E-state index contributed by atoms with van der Waals surface area (Å²) in [5.74, 6) is -0.380. The Morgan fingerprint density at radius 1 is 1.29 bits per heavy atom. The summed E-state index contributed by atoms with van der Waals surface area (Å²) < 4.78 is 61.2. The first-order valence-electron chi connectivity index (χ1n) is 4.60. The fraction of sp³-hybridized carbons (Fsp3) is 0.444. The molecule has 96 valence electrons. The Morgan fingerprint density at radius 2 is 1.88 bits per heavy atom. The third-order valence-corrected chi connectivity index (χ3v) is 2.82. The third kappa shape index (κ3) is 3.32. The quantitative estimate of drug-likeness (QED) is 0.624. The molecule has 0 saturated carbocycles. The molecule has 0 saturated heterocycles. The van der Waals surface area contributed by atoms with Crippen LogP contribution in [0.25, 0.3) is 0 Å². The predicted octanol–water partition coefficient (Wildman–Crippen LogP) is 2.43. The van der Waals surface area contributed by atoms with Gasteiger partial charge in [0.15, 0.2) is 5.75 Å². The Balaban J connectivity index is 2.91. The number of aromatic nitrogens is 1. The van der Waals surface area contributed by atoms with Crippen molar-refractivity contribution >= 4 is 10.1 Å². The van der Waals surface area contributed by atoms with Crippen molar-refractivity contribution in [3.05, 3.63) is 24.0 Å². The molecule has 0 atom stereocenters. The average Bonchev–Trinajstić information content (AvgIpc) is 2.16. The van der Waals surface area contributed by atoms with E-state index in [0.29, 0.717) is 5.69 Å². The molecular formula is C9H10F3NO3S. The highest BCUT2D eigenvalue weighted by Crippen LogP contribution is 2.26. The lowest BCUT2D eigenvalue weighted by molar-refractivity contribution is -0.0500. The van der Waals surface area contributed by atoms with E-state index in [0.717, 1.165) is 12.3 Å². The van der Waals surface area contributed by atoms with Gasteiger partial charge in [0.2, 0.25) is 0 Å². The number of hydrogen-bond acceptors (Lipinski definition) is 4. The summed E-state index contributed by atoms with van der Waals surface area (Å²) >= 11 is 0. The van der Waals surface area contributed by atoms with E-state index in [1.54, 1.807) is 0 Å². The van der Waals surface area contributed by atoms with Crippen molar-refractivity contribution in [2.24, 2.45) is 0 Å². The minimum Gasteiger partial charge on any atom is -0.374 e. The topological polar surface area (TPSA) is 56.3 Å². The number of rotatable bonds is 3. The molecule has 0 amide bonds. The molecule has 0 bridgehead atoms. The molecule has 1 rings (SSSR count). The number of halogens is 3. The Hall–Kier alpha value is -1.31. The first-order valence-corrected chi connectivity index (χ1v) is 6.01. The average molecular weight is 269 g/mol. The molecule has 0 fully saturated rings. The maximum Gasteiger partial charge on any atom is 0.534 e. The van der Waals surface area contributed by atoms with E-state index in [9.17, 15) is 21.6 Å². The van der Waals surface area contributed by atoms with Crippen LogP contribution in [0.3, 0.4) is 0 Å². The van der Waals surface area contributed by atoms with Crippen molar-refractivity contribution < 1.29 is 25.8 Å². The van der Waals surface area contributed by atoms with Crippen LogP contribution in [-0.4, -0.2) is 18.9 Å². The van der Waals surface area contributed by atoms with Gasteiger partial charge in [-0.1, -0.05) is 13.8 Å². The van der Waals surface area contributed by atoms with Gasteiger partial charge in [0.05, 0.1) is 6.20 Å². The first-order chi connectivity index (χ1) is 7.63. The number of alkyl halides is 3. The summed E-state index contributed by atoms with van der Waals surface area (Å²) in [6, 6.07) is 2.54. The number of pyridine rings is 1. The summed E-state index contributed by atoms with van der Waals surface area (Å²) in [5.41, 5.74) is -4.81. The van der Waals surface area contributed by atoms with E-state index in [1.807, 2.05) is 13.8 Å². The van der Waals surface area contributed by atoms with Crippen molar-refractivity contribution in [2.45, 2.75) is 25.3 Å². The largest absolute Gasteiger partial charge is 0.534 e. The van der Waals surface area contributed by atoms with Crippen LogP contribution >= 0.6 is 0 Å². The van der Waals surface area contributed by atoms with Gasteiger partial charge in [-0.25, -0.2) is 0 Å². The summed E-state index contributed by atoms with van der Waals surface area (Å²) in [5, 5.41) is 0. The normalized spacial score (nSPS) is 12.8. The van der Waals surface area contributed by atoms with Crippen molar-refractivity contribution in [1.29, 1.82) is 0 Å². The van der Waals surface area contributed by atoms with Gasteiger partial charge in [-0.3, -0.25) is 4.98 Å². The molecule has 8 heteroatoms. The van der Waals surface area contributed by atoms with Crippen molar-refractivity contribution in [3.8, 4) is 5.75 Å². The molecule has 4 nitrogen and oxygen atoms in total. The molecule has 0 aliphatic carbocycles. The second-order valence-electron chi connectivity index (χ2n) is 3.56. The Labute approximate surface area is 96.6 Å². The smallest absolute Gasteiger partial charge is 0.374 e. The fourth-order valence-corrected chi connectivity index (χ4v) is 1.40. The molecule has 1 aromatic rings. The van der Waals surface area contributed by atoms with Gasteiger partial charge in [-0.15, -0.1) is 0 Å². The van der Waals surface area contributed by atoms with E-state index in [4.69, 9.17) is 0 Å². The van der Waals surface area contributed by atoms with Gasteiger partial charge < -0.3 is 4.18 Å². The number of nitrogens with zero attached hydrogens (tertiary/aromatic N) is 1. The second-order valence-corrected chi connectivity index (χ2v) is 5.09. The minimum absolute atomic E-state index is 0.0864. The highest BCUT2D eigenvalue weighted by atomic mass is 32.2. The molecule has 0 spiro atoms. The zero-order valence-corrected chi connectivity index (χ0v) is 9.84. The van der Waals surface area contributed by atoms with Crippen LogP contribution in [0.2, 0.25) is 0 Å². The summed E-state index contributed by atoms with van der Waals surface area (Å²) in [7, 11) is -5.62. The summed E-state index contributed by atoms with van der Waals surface area (Å²) in [6.07, 6.45) is 0.943. The van der Waals surface area contributed by atoms with E-state index >= 15 is 0 Å². The van der Waals surface area contributed by atoms with Crippen LogP contribution in [0.5, 0.6) is 5.75 Å². The summed E-state index contributed by atoms with van der Waals surface area (Å²) in [6.45, 7) is 3.69. The maximum absolute atomic E-state index is 12.0. The van der Waals surface area contributed by atoms with Gasteiger partial charge in [0.25, 0.3) is 0 Å². The molecule has 0 N–H and O–H groups in total. The zero-order chi connectivity index (χ0) is 13.3. The van der Waals surface area contributed by atoms with E-state index < -0.39 is 21.4 Å². The van der Waals surface area contributed by atoms with Crippen molar-refractivity contribution in [2.75, 3.05) is 0 Å². The molecule has 1 aromatic heterocycles. The Morgan fingerprint density at radius 3 is 2.24 bits per heavy atom. The van der Waals surface area contributed by atoms with Gasteiger partial charge in [-0.2, -0.15) is 21.6 Å².